The molecule has 1 atom stereocenters. The van der Waals surface area contributed by atoms with E-state index in [0.717, 1.165) is 0 Å². The Morgan fingerprint density at radius 3 is 2.15 bits per heavy atom. The summed E-state index contributed by atoms with van der Waals surface area (Å²) in [6.45, 7) is 4.37. The first-order valence-electron chi connectivity index (χ1n) is 6.14. The zero-order chi connectivity index (χ0) is 16.0. The number of ether oxygens (including phenoxy) is 1. The van der Waals surface area contributed by atoms with E-state index in [2.05, 4.69) is 4.74 Å². The minimum Gasteiger partial charge on any atom is -0.455 e. The summed E-state index contributed by atoms with van der Waals surface area (Å²) in [5.74, 6) is -16.6. The van der Waals surface area contributed by atoms with Crippen LogP contribution in [0.15, 0.2) is 0 Å². The molecule has 1 fully saturated rings. The molecule has 118 valence electrons. The van der Waals surface area contributed by atoms with E-state index in [9.17, 15) is 31.1 Å². The van der Waals surface area contributed by atoms with Gasteiger partial charge in [0.15, 0.2) is 6.10 Å². The number of carbonyl (C=O) groups is 1. The molecule has 20 heavy (non-hydrogen) atoms. The number of esters is 1. The molecule has 0 bridgehead atoms. The Labute approximate surface area is 112 Å². The van der Waals surface area contributed by atoms with E-state index in [-0.39, 0.29) is 6.42 Å². The van der Waals surface area contributed by atoms with Crippen LogP contribution in [0.2, 0.25) is 0 Å². The normalized spacial score (nSPS) is 27.9. The first-order chi connectivity index (χ1) is 8.79. The van der Waals surface area contributed by atoms with Crippen LogP contribution in [0, 0.1) is 5.41 Å². The van der Waals surface area contributed by atoms with Crippen LogP contribution in [-0.2, 0) is 9.53 Å². The Balaban J connectivity index is 2.97. The quantitative estimate of drug-likeness (QED) is 0.581. The molecule has 0 aromatic carbocycles. The topological polar surface area (TPSA) is 26.3 Å². The van der Waals surface area contributed by atoms with Crippen molar-refractivity contribution in [2.24, 2.45) is 5.41 Å². The van der Waals surface area contributed by atoms with E-state index < -0.39 is 48.1 Å². The smallest absolute Gasteiger partial charge is 0.375 e. The van der Waals surface area contributed by atoms with Gasteiger partial charge in [-0.1, -0.05) is 6.92 Å². The Bertz CT molecular complexity index is 391. The van der Waals surface area contributed by atoms with Gasteiger partial charge >= 0.3 is 23.7 Å². The maximum Gasteiger partial charge on any atom is 0.375 e. The lowest BCUT2D eigenvalue weighted by atomic mass is 9.85. The molecule has 0 radical (unpaired) electrons. The van der Waals surface area contributed by atoms with E-state index in [1.165, 1.54) is 13.8 Å². The summed E-state index contributed by atoms with van der Waals surface area (Å²) in [5, 5.41) is 0. The second-order valence-corrected chi connectivity index (χ2v) is 5.57. The number of hydrogen-bond acceptors (Lipinski definition) is 2. The first-order valence-corrected chi connectivity index (χ1v) is 6.14. The lowest BCUT2D eigenvalue weighted by Gasteiger charge is -2.42. The van der Waals surface area contributed by atoms with Crippen molar-refractivity contribution < 1.29 is 35.9 Å². The largest absolute Gasteiger partial charge is 0.455 e. The van der Waals surface area contributed by atoms with Gasteiger partial charge in [-0.2, -0.15) is 26.3 Å². The second-order valence-electron chi connectivity index (χ2n) is 5.57. The van der Waals surface area contributed by atoms with Crippen LogP contribution in [0.3, 0.4) is 0 Å². The van der Waals surface area contributed by atoms with Gasteiger partial charge < -0.3 is 4.74 Å². The molecule has 1 aliphatic carbocycles. The predicted octanol–water partition coefficient (Wildman–Crippen LogP) is 4.03. The second kappa shape index (κ2) is 4.80. The molecule has 1 rings (SSSR count). The molecular formula is C12H16F6O2. The zero-order valence-electron chi connectivity index (χ0n) is 11.3. The number of rotatable bonds is 3. The third kappa shape index (κ3) is 2.48. The molecule has 0 heterocycles. The minimum atomic E-state index is -5.54. The van der Waals surface area contributed by atoms with Crippen molar-refractivity contribution in [2.75, 3.05) is 0 Å². The molecule has 2 nitrogen and oxygen atoms in total. The van der Waals surface area contributed by atoms with Gasteiger partial charge in [0.05, 0.1) is 5.41 Å². The van der Waals surface area contributed by atoms with Crippen molar-refractivity contribution in [3.05, 3.63) is 0 Å². The summed E-state index contributed by atoms with van der Waals surface area (Å²) in [4.78, 5) is 11.6. The molecule has 1 unspecified atom stereocenters. The van der Waals surface area contributed by atoms with Crippen molar-refractivity contribution in [3.63, 3.8) is 0 Å². The fraction of sp³-hybridized carbons (Fsp3) is 0.917. The van der Waals surface area contributed by atoms with Gasteiger partial charge in [0, 0.05) is 6.42 Å². The van der Waals surface area contributed by atoms with Crippen LogP contribution in [0.25, 0.3) is 0 Å². The minimum absolute atomic E-state index is 0.233. The molecule has 0 aliphatic heterocycles. The average molecular weight is 306 g/mol. The van der Waals surface area contributed by atoms with E-state index in [1.54, 1.807) is 6.92 Å². The lowest BCUT2D eigenvalue weighted by molar-refractivity contribution is -0.355. The monoisotopic (exact) mass is 306 g/mol. The third-order valence-electron chi connectivity index (χ3n) is 3.69. The summed E-state index contributed by atoms with van der Waals surface area (Å²) in [7, 11) is 0. The highest BCUT2D eigenvalue weighted by Crippen LogP contribution is 2.54. The van der Waals surface area contributed by atoms with Gasteiger partial charge in [-0.15, -0.1) is 0 Å². The highest BCUT2D eigenvalue weighted by Gasteiger charge is 2.77. The van der Waals surface area contributed by atoms with Crippen LogP contribution in [0.1, 0.15) is 40.0 Å². The number of alkyl halides is 6. The fourth-order valence-corrected chi connectivity index (χ4v) is 1.66. The fourth-order valence-electron chi connectivity index (χ4n) is 1.66. The van der Waals surface area contributed by atoms with Crippen LogP contribution >= 0.6 is 0 Å². The molecule has 0 spiro atoms. The third-order valence-corrected chi connectivity index (χ3v) is 3.69. The zero-order valence-corrected chi connectivity index (χ0v) is 11.3. The molecule has 1 aliphatic rings. The van der Waals surface area contributed by atoms with Gasteiger partial charge in [0.1, 0.15) is 0 Å². The number of carbonyl (C=O) groups excluding carboxylic acids is 1. The highest BCUT2D eigenvalue weighted by atomic mass is 19.3. The van der Waals surface area contributed by atoms with Gasteiger partial charge in [-0.25, -0.2) is 0 Å². The summed E-state index contributed by atoms with van der Waals surface area (Å²) in [5.41, 5.74) is -1.15. The summed E-state index contributed by atoms with van der Waals surface area (Å²) in [6.07, 6.45) is -4.78. The molecule has 0 saturated heterocycles. The lowest BCUT2D eigenvalue weighted by Crippen LogP contribution is -2.64. The number of hydrogen-bond donors (Lipinski definition) is 0. The standard InChI is InChI=1S/C12H16F6O2/c1-4-9(2,3)8(19)20-7-5-6-10(13,14)12(17,18)11(7,15)16/h7H,4-6H2,1-3H3. The SMILES string of the molecule is CCC(C)(C)C(=O)OC1CCC(F)(F)C(F)(F)C1(F)F. The van der Waals surface area contributed by atoms with Crippen LogP contribution in [-0.4, -0.2) is 29.8 Å². The van der Waals surface area contributed by atoms with Gasteiger partial charge in [0.25, 0.3) is 0 Å². The summed E-state index contributed by atoms with van der Waals surface area (Å²) < 4.78 is 83.5. The van der Waals surface area contributed by atoms with E-state index in [1.807, 2.05) is 0 Å². The summed E-state index contributed by atoms with van der Waals surface area (Å²) >= 11 is 0. The van der Waals surface area contributed by atoms with E-state index >= 15 is 0 Å². The molecule has 1 saturated carbocycles. The molecule has 0 N–H and O–H groups in total. The number of halogens is 6. The Hall–Kier alpha value is -0.950. The van der Waals surface area contributed by atoms with Crippen LogP contribution in [0.4, 0.5) is 26.3 Å². The molecule has 0 aromatic rings. The average Bonchev–Trinajstić information content (AvgIpc) is 2.31. The van der Waals surface area contributed by atoms with Crippen molar-refractivity contribution in [1.29, 1.82) is 0 Å². The Kier molecular flexibility index (Phi) is 4.11. The molecule has 0 amide bonds. The Morgan fingerprint density at radius 1 is 1.20 bits per heavy atom. The van der Waals surface area contributed by atoms with Crippen molar-refractivity contribution in [3.8, 4) is 0 Å². The Morgan fingerprint density at radius 2 is 1.70 bits per heavy atom. The molecular weight excluding hydrogens is 290 g/mol. The molecule has 0 aromatic heterocycles. The summed E-state index contributed by atoms with van der Waals surface area (Å²) in [6, 6.07) is 0. The van der Waals surface area contributed by atoms with Crippen LogP contribution in [0.5, 0.6) is 0 Å². The van der Waals surface area contributed by atoms with Gasteiger partial charge in [0.2, 0.25) is 0 Å². The van der Waals surface area contributed by atoms with Gasteiger partial charge in [-0.05, 0) is 26.7 Å². The predicted molar refractivity (Wildman–Crippen MR) is 58.0 cm³/mol. The van der Waals surface area contributed by atoms with Crippen molar-refractivity contribution in [1.82, 2.24) is 0 Å². The van der Waals surface area contributed by atoms with E-state index in [0.29, 0.717) is 0 Å². The van der Waals surface area contributed by atoms with E-state index in [4.69, 9.17) is 0 Å². The van der Waals surface area contributed by atoms with Crippen LogP contribution < -0.4 is 0 Å². The first kappa shape index (κ1) is 17.1. The van der Waals surface area contributed by atoms with Crippen molar-refractivity contribution in [2.45, 2.75) is 63.9 Å². The van der Waals surface area contributed by atoms with Crippen molar-refractivity contribution >= 4 is 5.97 Å². The van der Waals surface area contributed by atoms with Gasteiger partial charge in [-0.3, -0.25) is 4.79 Å². The maximum atomic E-state index is 13.5. The molecule has 8 heteroatoms. The maximum absolute atomic E-state index is 13.5. The highest BCUT2D eigenvalue weighted by molar-refractivity contribution is 5.76.